The molecule has 0 unspecified atom stereocenters. The molecule has 0 fully saturated rings. The van der Waals surface area contributed by atoms with Gasteiger partial charge >= 0.3 is 207 Å². The fourth-order valence-corrected chi connectivity index (χ4v) is 0. The van der Waals surface area contributed by atoms with Gasteiger partial charge in [0.15, 0.2) is 0 Å². The second kappa shape index (κ2) is 49.6. The van der Waals surface area contributed by atoms with Gasteiger partial charge in [-0.2, -0.15) is 0 Å². The molecule has 0 atom stereocenters. The van der Waals surface area contributed by atoms with Crippen LogP contribution in [-0.2, 0) is 18.6 Å². The van der Waals surface area contributed by atoms with Gasteiger partial charge in [-0.25, -0.2) is 0 Å². The van der Waals surface area contributed by atoms with Crippen molar-refractivity contribution in [1.29, 1.82) is 0 Å². The second-order valence-electron chi connectivity index (χ2n) is 0. The van der Waals surface area contributed by atoms with Crippen LogP contribution in [0.3, 0.4) is 0 Å². The standard InChI is InChI=1S/3Cs.4H2O.V/h;;;4*1H2;/q3*+1;;;;;/p-3. The summed E-state index contributed by atoms with van der Waals surface area (Å²) in [7, 11) is 0. The third-order valence-electron chi connectivity index (χ3n) is 0. The van der Waals surface area contributed by atoms with E-state index < -0.39 is 0 Å². The third kappa shape index (κ3) is 39.0. The minimum Gasteiger partial charge on any atom is -0.870 e. The summed E-state index contributed by atoms with van der Waals surface area (Å²) < 4.78 is 0. The molecule has 5 N–H and O–H groups in total. The summed E-state index contributed by atoms with van der Waals surface area (Å²) in [5.41, 5.74) is 0. The molecule has 37 valence electrons. The van der Waals surface area contributed by atoms with E-state index in [1.165, 1.54) is 0 Å². The number of hydrogen-bond acceptors (Lipinski definition) is 3. The topological polar surface area (TPSA) is 122 Å². The molecule has 0 heterocycles. The molecule has 0 aliphatic rings. The zero-order chi connectivity index (χ0) is 0. The van der Waals surface area contributed by atoms with E-state index in [1.54, 1.807) is 0 Å². The third-order valence-corrected chi connectivity index (χ3v) is 0. The maximum Gasteiger partial charge on any atom is 1.00 e. The van der Waals surface area contributed by atoms with Gasteiger partial charge in [0.05, 0.1) is 0 Å². The van der Waals surface area contributed by atoms with Crippen molar-refractivity contribution in [3.05, 3.63) is 0 Å². The van der Waals surface area contributed by atoms with Crippen LogP contribution in [0, 0.1) is 0 Å². The van der Waals surface area contributed by atoms with E-state index in [4.69, 9.17) is 0 Å². The Kier molecular flexibility index (Phi) is 385. The number of rotatable bonds is 0. The van der Waals surface area contributed by atoms with E-state index >= 15 is 0 Å². The molecule has 0 saturated carbocycles. The van der Waals surface area contributed by atoms with Crippen LogP contribution < -0.4 is 207 Å². The van der Waals surface area contributed by atoms with Gasteiger partial charge in [0.2, 0.25) is 0 Å². The maximum atomic E-state index is 0. The van der Waals surface area contributed by atoms with E-state index in [-0.39, 0.29) is 247 Å². The van der Waals surface area contributed by atoms with Gasteiger partial charge in [-0.05, 0) is 0 Å². The van der Waals surface area contributed by atoms with Crippen molar-refractivity contribution in [3.8, 4) is 0 Å². The van der Waals surface area contributed by atoms with E-state index in [2.05, 4.69) is 0 Å². The van der Waals surface area contributed by atoms with Crippen LogP contribution in [0.4, 0.5) is 0 Å². The fraction of sp³-hybridized carbons (Fsp3) is 0. The van der Waals surface area contributed by atoms with Crippen LogP contribution in [0.15, 0.2) is 0 Å². The van der Waals surface area contributed by atoms with E-state index in [0.717, 1.165) is 0 Å². The van der Waals surface area contributed by atoms with Gasteiger partial charge in [0.1, 0.15) is 0 Å². The molecule has 0 aromatic carbocycles. The van der Waals surface area contributed by atoms with Crippen LogP contribution >= 0.6 is 0 Å². The van der Waals surface area contributed by atoms with E-state index in [1.807, 2.05) is 0 Å². The molecule has 0 spiro atoms. The maximum absolute atomic E-state index is 0. The Morgan fingerprint density at radius 3 is 0.500 bits per heavy atom. The van der Waals surface area contributed by atoms with Crippen molar-refractivity contribution < 1.29 is 247 Å². The summed E-state index contributed by atoms with van der Waals surface area (Å²) >= 11 is 0. The van der Waals surface area contributed by atoms with E-state index in [0.29, 0.717) is 0 Å². The van der Waals surface area contributed by atoms with Crippen LogP contribution in [0.2, 0.25) is 0 Å². The minimum absolute atomic E-state index is 0. The summed E-state index contributed by atoms with van der Waals surface area (Å²) in [6.07, 6.45) is 0. The van der Waals surface area contributed by atoms with Crippen molar-refractivity contribution >= 4 is 0 Å². The fourth-order valence-electron chi connectivity index (χ4n) is 0. The summed E-state index contributed by atoms with van der Waals surface area (Å²) in [5.74, 6) is 0. The Hall–Kier alpha value is 6.58. The van der Waals surface area contributed by atoms with Gasteiger partial charge < -0.3 is 21.9 Å². The first-order valence-electron chi connectivity index (χ1n) is 0. The number of hydrogen-bond donors (Lipinski definition) is 0. The first-order chi connectivity index (χ1) is 0. The zero-order valence-corrected chi connectivity index (χ0v) is 25.5. The molecule has 4 nitrogen and oxygen atoms in total. The molecule has 0 aromatic rings. The van der Waals surface area contributed by atoms with Gasteiger partial charge in [0, 0.05) is 18.6 Å². The second-order valence-corrected chi connectivity index (χ2v) is 0. The average Bonchev–Trinajstić information content (AvgIpc) is 0. The first kappa shape index (κ1) is 62.1. The quantitative estimate of drug-likeness (QED) is 0.317. The van der Waals surface area contributed by atoms with Crippen LogP contribution in [0.1, 0.15) is 0 Å². The molecule has 0 amide bonds. The van der Waals surface area contributed by atoms with Crippen molar-refractivity contribution in [1.82, 2.24) is 0 Å². The van der Waals surface area contributed by atoms with Crippen molar-refractivity contribution in [2.45, 2.75) is 0 Å². The summed E-state index contributed by atoms with van der Waals surface area (Å²) in [5, 5.41) is 0. The van der Waals surface area contributed by atoms with Crippen LogP contribution in [0.25, 0.3) is 0 Å². The van der Waals surface area contributed by atoms with Gasteiger partial charge in [-0.1, -0.05) is 0 Å². The molecule has 0 aliphatic carbocycles. The molecule has 0 rings (SSSR count). The largest absolute Gasteiger partial charge is 1.00 e. The van der Waals surface area contributed by atoms with Crippen molar-refractivity contribution in [3.63, 3.8) is 0 Å². The Balaban J connectivity index is 0. The minimum atomic E-state index is 0. The molecule has 0 bridgehead atoms. The van der Waals surface area contributed by atoms with Gasteiger partial charge in [-0.3, -0.25) is 0 Å². The monoisotopic (exact) mass is 519 g/mol. The van der Waals surface area contributed by atoms with Crippen molar-refractivity contribution in [2.75, 3.05) is 0 Å². The van der Waals surface area contributed by atoms with Crippen LogP contribution in [0.5, 0.6) is 0 Å². The first-order valence-corrected chi connectivity index (χ1v) is 0. The Labute approximate surface area is 237 Å². The Morgan fingerprint density at radius 1 is 0.500 bits per heavy atom. The normalized spacial score (nSPS) is 0. The van der Waals surface area contributed by atoms with E-state index in [9.17, 15) is 0 Å². The molecule has 0 aliphatic heterocycles. The summed E-state index contributed by atoms with van der Waals surface area (Å²) in [4.78, 5) is 0. The molecule has 1 radical (unpaired) electrons. The Bertz CT molecular complexity index is 11.2. The summed E-state index contributed by atoms with van der Waals surface area (Å²) in [6, 6.07) is 0. The molecule has 0 saturated heterocycles. The molecule has 8 heteroatoms. The predicted octanol–water partition coefficient (Wildman–Crippen LogP) is -10.3. The Morgan fingerprint density at radius 2 is 0.500 bits per heavy atom. The zero-order valence-electron chi connectivity index (χ0n) is 5.29. The van der Waals surface area contributed by atoms with Crippen molar-refractivity contribution in [2.24, 2.45) is 0 Å². The summed E-state index contributed by atoms with van der Waals surface area (Å²) in [6.45, 7) is 0. The molecular formula is H5Cs3O4V. The molecule has 8 heavy (non-hydrogen) atoms. The smallest absolute Gasteiger partial charge is 0.870 e. The molecule has 0 aromatic heterocycles. The molecular weight excluding hydrogens is 514 g/mol. The van der Waals surface area contributed by atoms with Crippen LogP contribution in [-0.4, -0.2) is 21.9 Å². The van der Waals surface area contributed by atoms with Gasteiger partial charge in [-0.15, -0.1) is 0 Å². The average molecular weight is 519 g/mol. The predicted molar refractivity (Wildman–Crippen MR) is 9.42 cm³/mol. The SMILES string of the molecule is O.[Cs+].[Cs+].[Cs+].[OH-].[OH-].[OH-].[V]. The van der Waals surface area contributed by atoms with Gasteiger partial charge in [0.25, 0.3) is 0 Å².